The molecule has 3 nitrogen and oxygen atoms in total. The second-order valence-electron chi connectivity index (χ2n) is 4.30. The fourth-order valence-corrected chi connectivity index (χ4v) is 1.37. The van der Waals surface area contributed by atoms with Crippen molar-refractivity contribution < 1.29 is 14.9 Å². The lowest BCUT2D eigenvalue weighted by molar-refractivity contribution is 0.356. The lowest BCUT2D eigenvalue weighted by Crippen LogP contribution is -2.12. The SMILES string of the molecule is COc1c(O)cc(O)cc1C(C)(C)C. The second-order valence-corrected chi connectivity index (χ2v) is 4.30. The Morgan fingerprint density at radius 1 is 1.14 bits per heavy atom. The zero-order valence-corrected chi connectivity index (χ0v) is 8.96. The van der Waals surface area contributed by atoms with Gasteiger partial charge in [0.2, 0.25) is 0 Å². The fraction of sp³-hybridized carbons (Fsp3) is 0.455. The van der Waals surface area contributed by atoms with Crippen LogP contribution in [-0.2, 0) is 5.41 Å². The van der Waals surface area contributed by atoms with Crippen molar-refractivity contribution in [3.63, 3.8) is 0 Å². The van der Waals surface area contributed by atoms with Crippen LogP contribution in [0.4, 0.5) is 0 Å². The summed E-state index contributed by atoms with van der Waals surface area (Å²) in [6.45, 7) is 5.97. The van der Waals surface area contributed by atoms with Gasteiger partial charge in [0.25, 0.3) is 0 Å². The third-order valence-corrected chi connectivity index (χ3v) is 2.07. The predicted molar refractivity (Wildman–Crippen MR) is 55.0 cm³/mol. The average Bonchev–Trinajstić information content (AvgIpc) is 2.01. The molecule has 0 bridgehead atoms. The van der Waals surface area contributed by atoms with Crippen LogP contribution in [0, 0.1) is 0 Å². The number of phenolic OH excluding ortho intramolecular Hbond substituents is 2. The minimum Gasteiger partial charge on any atom is -0.508 e. The molecule has 0 aliphatic carbocycles. The van der Waals surface area contributed by atoms with Crippen molar-refractivity contribution >= 4 is 0 Å². The first-order valence-electron chi connectivity index (χ1n) is 4.46. The largest absolute Gasteiger partial charge is 0.508 e. The molecule has 0 saturated carbocycles. The van der Waals surface area contributed by atoms with E-state index in [0.717, 1.165) is 5.56 Å². The summed E-state index contributed by atoms with van der Waals surface area (Å²) >= 11 is 0. The third-order valence-electron chi connectivity index (χ3n) is 2.07. The van der Waals surface area contributed by atoms with Crippen LogP contribution in [0.3, 0.4) is 0 Å². The zero-order chi connectivity index (χ0) is 10.9. The van der Waals surface area contributed by atoms with Crippen molar-refractivity contribution in [3.05, 3.63) is 17.7 Å². The van der Waals surface area contributed by atoms with Gasteiger partial charge in [0.05, 0.1) is 7.11 Å². The Kier molecular flexibility index (Phi) is 2.60. The summed E-state index contributed by atoms with van der Waals surface area (Å²) < 4.78 is 5.10. The Hall–Kier alpha value is -1.38. The van der Waals surface area contributed by atoms with Gasteiger partial charge in [-0.3, -0.25) is 0 Å². The van der Waals surface area contributed by atoms with E-state index < -0.39 is 0 Å². The van der Waals surface area contributed by atoms with E-state index in [1.807, 2.05) is 20.8 Å². The molecule has 0 aromatic heterocycles. The van der Waals surface area contributed by atoms with E-state index >= 15 is 0 Å². The molecule has 1 aromatic carbocycles. The van der Waals surface area contributed by atoms with Crippen LogP contribution in [0.15, 0.2) is 12.1 Å². The molecule has 0 spiro atoms. The van der Waals surface area contributed by atoms with Gasteiger partial charge in [-0.15, -0.1) is 0 Å². The van der Waals surface area contributed by atoms with Crippen molar-refractivity contribution in [3.8, 4) is 17.2 Å². The number of aromatic hydroxyl groups is 2. The first kappa shape index (κ1) is 10.7. The molecule has 78 valence electrons. The highest BCUT2D eigenvalue weighted by molar-refractivity contribution is 5.53. The molecule has 0 radical (unpaired) electrons. The van der Waals surface area contributed by atoms with Gasteiger partial charge in [-0.05, 0) is 11.5 Å². The minimum absolute atomic E-state index is 0.0302. The molecule has 3 heteroatoms. The summed E-state index contributed by atoms with van der Waals surface area (Å²) in [5.74, 6) is 0.445. The number of hydrogen-bond donors (Lipinski definition) is 2. The Bertz CT molecular complexity index is 337. The summed E-state index contributed by atoms with van der Waals surface area (Å²) in [7, 11) is 1.50. The average molecular weight is 196 g/mol. The molecule has 14 heavy (non-hydrogen) atoms. The molecule has 1 aromatic rings. The molecule has 0 aliphatic rings. The first-order valence-corrected chi connectivity index (χ1v) is 4.46. The maximum Gasteiger partial charge on any atom is 0.164 e. The summed E-state index contributed by atoms with van der Waals surface area (Å²) in [6.07, 6.45) is 0. The van der Waals surface area contributed by atoms with Crippen LogP contribution in [0.5, 0.6) is 17.2 Å². The van der Waals surface area contributed by atoms with Crippen molar-refractivity contribution in [2.45, 2.75) is 26.2 Å². The maximum absolute atomic E-state index is 9.55. The molecule has 0 aliphatic heterocycles. The van der Waals surface area contributed by atoms with Crippen LogP contribution in [0.25, 0.3) is 0 Å². The van der Waals surface area contributed by atoms with E-state index in [2.05, 4.69) is 0 Å². The molecule has 2 N–H and O–H groups in total. The quantitative estimate of drug-likeness (QED) is 0.725. The standard InChI is InChI=1S/C11H16O3/c1-11(2,3)8-5-7(12)6-9(13)10(8)14-4/h5-6,12-13H,1-4H3. The van der Waals surface area contributed by atoms with Gasteiger partial charge in [0.15, 0.2) is 11.5 Å². The van der Waals surface area contributed by atoms with Gasteiger partial charge in [-0.1, -0.05) is 20.8 Å². The number of ether oxygens (including phenoxy) is 1. The van der Waals surface area contributed by atoms with Crippen LogP contribution in [-0.4, -0.2) is 17.3 Å². The van der Waals surface area contributed by atoms with Crippen molar-refractivity contribution in [1.82, 2.24) is 0 Å². The van der Waals surface area contributed by atoms with E-state index in [-0.39, 0.29) is 16.9 Å². The molecule has 1 rings (SSSR count). The molecule has 0 atom stereocenters. The summed E-state index contributed by atoms with van der Waals surface area (Å²) in [5.41, 5.74) is 0.610. The van der Waals surface area contributed by atoms with E-state index in [1.165, 1.54) is 13.2 Å². The van der Waals surface area contributed by atoms with E-state index in [4.69, 9.17) is 4.74 Å². The van der Waals surface area contributed by atoms with Gasteiger partial charge >= 0.3 is 0 Å². The van der Waals surface area contributed by atoms with Crippen LogP contribution in [0.1, 0.15) is 26.3 Å². The van der Waals surface area contributed by atoms with Crippen molar-refractivity contribution in [1.29, 1.82) is 0 Å². The van der Waals surface area contributed by atoms with Gasteiger partial charge in [-0.2, -0.15) is 0 Å². The highest BCUT2D eigenvalue weighted by Crippen LogP contribution is 2.40. The summed E-state index contributed by atoms with van der Waals surface area (Å²) in [5, 5.41) is 18.9. The topological polar surface area (TPSA) is 49.7 Å². The van der Waals surface area contributed by atoms with Crippen LogP contribution in [0.2, 0.25) is 0 Å². The first-order chi connectivity index (χ1) is 6.36. The number of phenols is 2. The highest BCUT2D eigenvalue weighted by Gasteiger charge is 2.22. The minimum atomic E-state index is -0.179. The predicted octanol–water partition coefficient (Wildman–Crippen LogP) is 2.40. The molecule has 0 saturated heterocycles. The van der Waals surface area contributed by atoms with Gasteiger partial charge in [0, 0.05) is 11.6 Å². The third kappa shape index (κ3) is 1.92. The molecule has 0 unspecified atom stereocenters. The van der Waals surface area contributed by atoms with Gasteiger partial charge < -0.3 is 14.9 Å². The Morgan fingerprint density at radius 2 is 1.71 bits per heavy atom. The number of hydrogen-bond acceptors (Lipinski definition) is 3. The lowest BCUT2D eigenvalue weighted by atomic mass is 9.86. The lowest BCUT2D eigenvalue weighted by Gasteiger charge is -2.22. The monoisotopic (exact) mass is 196 g/mol. The van der Waals surface area contributed by atoms with Gasteiger partial charge in [-0.25, -0.2) is 0 Å². The second kappa shape index (κ2) is 3.40. The normalized spacial score (nSPS) is 11.4. The molecular weight excluding hydrogens is 180 g/mol. The molecule has 0 amide bonds. The van der Waals surface area contributed by atoms with Crippen molar-refractivity contribution in [2.24, 2.45) is 0 Å². The van der Waals surface area contributed by atoms with Crippen LogP contribution >= 0.6 is 0 Å². The Labute approximate surface area is 84.0 Å². The number of methoxy groups -OCH3 is 1. The summed E-state index contributed by atoms with van der Waals surface area (Å²) in [4.78, 5) is 0. The molecular formula is C11H16O3. The van der Waals surface area contributed by atoms with E-state index in [1.54, 1.807) is 6.07 Å². The number of rotatable bonds is 1. The van der Waals surface area contributed by atoms with Crippen LogP contribution < -0.4 is 4.74 Å². The Balaban J connectivity index is 3.40. The van der Waals surface area contributed by atoms with Crippen molar-refractivity contribution in [2.75, 3.05) is 7.11 Å². The van der Waals surface area contributed by atoms with E-state index in [9.17, 15) is 10.2 Å². The highest BCUT2D eigenvalue weighted by atomic mass is 16.5. The zero-order valence-electron chi connectivity index (χ0n) is 8.96. The smallest absolute Gasteiger partial charge is 0.164 e. The Morgan fingerprint density at radius 3 is 2.14 bits per heavy atom. The number of benzene rings is 1. The maximum atomic E-state index is 9.55. The molecule has 0 heterocycles. The fourth-order valence-electron chi connectivity index (χ4n) is 1.37. The summed E-state index contributed by atoms with van der Waals surface area (Å²) in [6, 6.07) is 2.88. The molecule has 0 fully saturated rings. The van der Waals surface area contributed by atoms with Gasteiger partial charge in [0.1, 0.15) is 5.75 Å². The van der Waals surface area contributed by atoms with E-state index in [0.29, 0.717) is 5.75 Å².